The van der Waals surface area contributed by atoms with Crippen LogP contribution in [-0.2, 0) is 0 Å². The first-order chi connectivity index (χ1) is 19.5. The highest BCUT2D eigenvalue weighted by Crippen LogP contribution is 2.45. The molecule has 4 aromatic heterocycles. The minimum Gasteiger partial charge on any atom is -0.507 e. The second-order valence-corrected chi connectivity index (χ2v) is 11.7. The van der Waals surface area contributed by atoms with E-state index in [4.69, 9.17) is 9.97 Å². The molecule has 7 aromatic rings. The number of fused-ring (bicyclic) bond motifs is 3. The van der Waals surface area contributed by atoms with Gasteiger partial charge in [-0.3, -0.25) is 9.97 Å². The number of thiazole rings is 2. The molecule has 0 bridgehead atoms. The third-order valence-electron chi connectivity index (χ3n) is 6.77. The molecule has 0 atom stereocenters. The van der Waals surface area contributed by atoms with Crippen molar-refractivity contribution in [3.8, 4) is 55.2 Å². The molecule has 0 aliphatic carbocycles. The van der Waals surface area contributed by atoms with Crippen LogP contribution >= 0.6 is 22.7 Å². The molecule has 0 saturated carbocycles. The number of aryl methyl sites for hydroxylation is 2. The molecule has 194 valence electrons. The largest absolute Gasteiger partial charge is 0.507 e. The van der Waals surface area contributed by atoms with Crippen LogP contribution < -0.4 is 0 Å². The topological polar surface area (TPSA) is 92.0 Å². The van der Waals surface area contributed by atoms with E-state index in [-0.39, 0.29) is 11.5 Å². The first kappa shape index (κ1) is 24.4. The van der Waals surface area contributed by atoms with E-state index in [1.807, 2.05) is 86.6 Å². The van der Waals surface area contributed by atoms with Crippen molar-refractivity contribution in [2.75, 3.05) is 0 Å². The highest BCUT2D eigenvalue weighted by molar-refractivity contribution is 7.23. The molecule has 0 radical (unpaired) electrons. The molecule has 0 spiro atoms. The first-order valence-electron chi connectivity index (χ1n) is 12.7. The number of pyridine rings is 2. The lowest BCUT2D eigenvalue weighted by atomic mass is 10.0. The Hall–Kier alpha value is -4.66. The number of phenols is 2. The summed E-state index contributed by atoms with van der Waals surface area (Å²) in [5.41, 5.74) is 7.67. The van der Waals surface area contributed by atoms with Crippen LogP contribution in [0.15, 0.2) is 85.2 Å². The van der Waals surface area contributed by atoms with Crippen LogP contribution in [0.3, 0.4) is 0 Å². The molecule has 2 N–H and O–H groups in total. The Morgan fingerprint density at radius 1 is 0.550 bits per heavy atom. The Morgan fingerprint density at radius 3 is 1.38 bits per heavy atom. The van der Waals surface area contributed by atoms with Crippen molar-refractivity contribution in [3.63, 3.8) is 0 Å². The van der Waals surface area contributed by atoms with Gasteiger partial charge in [0.25, 0.3) is 0 Å². The molecule has 6 nitrogen and oxygen atoms in total. The predicted molar refractivity (Wildman–Crippen MR) is 163 cm³/mol. The van der Waals surface area contributed by atoms with Gasteiger partial charge in [0, 0.05) is 23.5 Å². The highest BCUT2D eigenvalue weighted by Gasteiger charge is 2.21. The molecule has 40 heavy (non-hydrogen) atoms. The number of hydrogen-bond donors (Lipinski definition) is 2. The van der Waals surface area contributed by atoms with E-state index >= 15 is 0 Å². The van der Waals surface area contributed by atoms with E-state index in [0.717, 1.165) is 31.6 Å². The number of aromatic hydroxyl groups is 2. The zero-order valence-corrected chi connectivity index (χ0v) is 23.2. The summed E-state index contributed by atoms with van der Waals surface area (Å²) in [5, 5.41) is 24.0. The van der Waals surface area contributed by atoms with Gasteiger partial charge in [-0.1, -0.05) is 12.1 Å². The van der Waals surface area contributed by atoms with Gasteiger partial charge in [0.15, 0.2) is 0 Å². The average molecular weight is 559 g/mol. The normalized spacial score (nSPS) is 11.4. The molecule has 0 aliphatic rings. The second kappa shape index (κ2) is 9.51. The van der Waals surface area contributed by atoms with Crippen LogP contribution in [0.25, 0.3) is 64.1 Å². The quantitative estimate of drug-likeness (QED) is 0.225. The maximum atomic E-state index is 11.3. The van der Waals surface area contributed by atoms with Crippen molar-refractivity contribution in [2.45, 2.75) is 13.8 Å². The lowest BCUT2D eigenvalue weighted by molar-refractivity contribution is 0.478. The van der Waals surface area contributed by atoms with E-state index in [0.29, 0.717) is 43.7 Å². The first-order valence-corrected chi connectivity index (χ1v) is 14.3. The number of rotatable bonds is 4. The van der Waals surface area contributed by atoms with Crippen molar-refractivity contribution < 1.29 is 10.2 Å². The van der Waals surface area contributed by atoms with Gasteiger partial charge in [-0.25, -0.2) is 9.97 Å². The highest BCUT2D eigenvalue weighted by atomic mass is 32.1. The van der Waals surface area contributed by atoms with E-state index in [9.17, 15) is 10.2 Å². The fraction of sp³-hybridized carbons (Fsp3) is 0.0625. The van der Waals surface area contributed by atoms with Crippen molar-refractivity contribution in [2.24, 2.45) is 0 Å². The van der Waals surface area contributed by atoms with Gasteiger partial charge >= 0.3 is 0 Å². The fourth-order valence-electron chi connectivity index (χ4n) is 4.93. The lowest BCUT2D eigenvalue weighted by Gasteiger charge is -2.09. The Kier molecular flexibility index (Phi) is 5.80. The monoisotopic (exact) mass is 558 g/mol. The number of aromatic nitrogens is 4. The molecular weight excluding hydrogens is 537 g/mol. The summed E-state index contributed by atoms with van der Waals surface area (Å²) in [7, 11) is 0. The molecule has 0 saturated heterocycles. The van der Waals surface area contributed by atoms with Crippen LogP contribution in [-0.4, -0.2) is 30.1 Å². The van der Waals surface area contributed by atoms with Gasteiger partial charge in [-0.05, 0) is 85.6 Å². The van der Waals surface area contributed by atoms with Crippen LogP contribution in [0.2, 0.25) is 0 Å². The smallest absolute Gasteiger partial charge is 0.135 e. The van der Waals surface area contributed by atoms with Crippen molar-refractivity contribution in [3.05, 3.63) is 96.3 Å². The van der Waals surface area contributed by atoms with Crippen LogP contribution in [0.1, 0.15) is 11.1 Å². The Bertz CT molecular complexity index is 1900. The van der Waals surface area contributed by atoms with Gasteiger partial charge in [-0.2, -0.15) is 0 Å². The minimum atomic E-state index is 0.158. The molecule has 8 heteroatoms. The Labute approximate surface area is 238 Å². The van der Waals surface area contributed by atoms with Crippen LogP contribution in [0, 0.1) is 13.8 Å². The second-order valence-electron chi connectivity index (χ2n) is 9.64. The summed E-state index contributed by atoms with van der Waals surface area (Å²) >= 11 is 3.04. The number of hydrogen-bond acceptors (Lipinski definition) is 8. The summed E-state index contributed by atoms with van der Waals surface area (Å²) < 4.78 is 1.95. The minimum absolute atomic E-state index is 0.158. The van der Waals surface area contributed by atoms with Gasteiger partial charge < -0.3 is 10.2 Å². The van der Waals surface area contributed by atoms with E-state index in [1.165, 1.54) is 22.7 Å². The van der Waals surface area contributed by atoms with Crippen molar-refractivity contribution in [1.82, 2.24) is 19.9 Å². The molecule has 0 unspecified atom stereocenters. The van der Waals surface area contributed by atoms with E-state index in [1.54, 1.807) is 12.4 Å². The van der Waals surface area contributed by atoms with Gasteiger partial charge in [-0.15, -0.1) is 22.7 Å². The van der Waals surface area contributed by atoms with Crippen molar-refractivity contribution in [1.29, 1.82) is 0 Å². The summed E-state index contributed by atoms with van der Waals surface area (Å²) in [4.78, 5) is 18.8. The third-order valence-corrected chi connectivity index (χ3v) is 8.88. The van der Waals surface area contributed by atoms with E-state index < -0.39 is 0 Å². The molecule has 0 fully saturated rings. The molecule has 3 aromatic carbocycles. The van der Waals surface area contributed by atoms with Crippen molar-refractivity contribution >= 4 is 43.1 Å². The Morgan fingerprint density at radius 2 is 0.975 bits per heavy atom. The SMILES string of the molecule is Cc1cc(-c2ccccn2)c(O)c(-c2nc3c(ccc4sc(-c5cc(C)cc(-c6ccccn6)c5O)nc43)s2)c1. The maximum absolute atomic E-state index is 11.3. The van der Waals surface area contributed by atoms with Gasteiger partial charge in [0.2, 0.25) is 0 Å². The molecule has 0 aliphatic heterocycles. The molecule has 4 heterocycles. The summed E-state index contributed by atoms with van der Waals surface area (Å²) in [6.45, 7) is 4.00. The predicted octanol–water partition coefficient (Wildman–Crippen LogP) is 8.39. The average Bonchev–Trinajstić information content (AvgIpc) is 3.60. The molecule has 7 rings (SSSR count). The van der Waals surface area contributed by atoms with E-state index in [2.05, 4.69) is 9.97 Å². The zero-order valence-electron chi connectivity index (χ0n) is 21.6. The summed E-state index contributed by atoms with van der Waals surface area (Å²) in [5.74, 6) is 0.315. The zero-order chi connectivity index (χ0) is 27.4. The molecular formula is C32H22N4O2S2. The Balaban J connectivity index is 1.37. The number of phenolic OH excluding ortho intramolecular Hbond substituents is 2. The summed E-state index contributed by atoms with van der Waals surface area (Å²) in [6, 6.07) is 23.2. The summed E-state index contributed by atoms with van der Waals surface area (Å²) in [6.07, 6.45) is 3.44. The fourth-order valence-corrected chi connectivity index (χ4v) is 6.90. The van der Waals surface area contributed by atoms with Crippen LogP contribution in [0.4, 0.5) is 0 Å². The number of benzene rings is 3. The molecule has 0 amide bonds. The van der Waals surface area contributed by atoms with Crippen LogP contribution in [0.5, 0.6) is 11.5 Å². The van der Waals surface area contributed by atoms with Gasteiger partial charge in [0.1, 0.15) is 32.5 Å². The third kappa shape index (κ3) is 4.09. The lowest BCUT2D eigenvalue weighted by Crippen LogP contribution is -1.89. The van der Waals surface area contributed by atoms with Gasteiger partial charge in [0.05, 0.1) is 31.9 Å². The maximum Gasteiger partial charge on any atom is 0.135 e. The number of nitrogens with zero attached hydrogens (tertiary/aromatic N) is 4. The standard InChI is InChI=1S/C32H22N4O2S2/c1-17-13-19(23-7-3-5-11-33-23)29(37)21(15-17)31-35-27-25(39-31)9-10-26-28(27)36-32(40-26)22-16-18(2)14-20(30(22)38)24-8-4-6-12-34-24/h3-16,37-38H,1-2H3.